The van der Waals surface area contributed by atoms with Crippen molar-refractivity contribution in [2.75, 3.05) is 20.2 Å². The fraction of sp³-hybridized carbons (Fsp3) is 0.348. The Morgan fingerprint density at radius 3 is 2.71 bits per heavy atom. The van der Waals surface area contributed by atoms with Crippen molar-refractivity contribution in [2.24, 2.45) is 0 Å². The van der Waals surface area contributed by atoms with E-state index >= 15 is 0 Å². The van der Waals surface area contributed by atoms with Crippen LogP contribution in [0.2, 0.25) is 0 Å². The van der Waals surface area contributed by atoms with E-state index in [1.165, 1.54) is 0 Å². The molecule has 1 aliphatic rings. The number of aromatic nitrogens is 1. The molecule has 7 nitrogen and oxygen atoms in total. The third-order valence-corrected chi connectivity index (χ3v) is 7.56. The largest absolute Gasteiger partial charge is 0.497 e. The number of amides is 1. The Kier molecular flexibility index (Phi) is 6.29. The van der Waals surface area contributed by atoms with Crippen LogP contribution >= 0.6 is 0 Å². The highest BCUT2D eigenvalue weighted by atomic mass is 32.2. The molecule has 0 unspecified atom stereocenters. The zero-order chi connectivity index (χ0) is 21.8. The second-order valence-corrected chi connectivity index (χ2v) is 9.73. The number of ether oxygens (including phenoxy) is 1. The smallest absolute Gasteiger partial charge is 0.243 e. The van der Waals surface area contributed by atoms with E-state index in [2.05, 4.69) is 10.3 Å². The number of fused-ring (bicyclic) bond motifs is 1. The van der Waals surface area contributed by atoms with Gasteiger partial charge in [-0.05, 0) is 54.3 Å². The van der Waals surface area contributed by atoms with E-state index in [0.29, 0.717) is 13.1 Å². The van der Waals surface area contributed by atoms with Gasteiger partial charge in [0.25, 0.3) is 0 Å². The Bertz CT molecular complexity index is 1180. The monoisotopic (exact) mass is 441 g/mol. The molecule has 8 heteroatoms. The molecule has 0 aliphatic carbocycles. The maximum Gasteiger partial charge on any atom is 0.243 e. The third-order valence-electron chi connectivity index (χ3n) is 5.67. The van der Waals surface area contributed by atoms with E-state index in [1.54, 1.807) is 29.6 Å². The quantitative estimate of drug-likeness (QED) is 0.589. The molecule has 2 heterocycles. The van der Waals surface area contributed by atoms with Crippen molar-refractivity contribution < 1.29 is 17.9 Å². The lowest BCUT2D eigenvalue weighted by molar-refractivity contribution is -0.120. The summed E-state index contributed by atoms with van der Waals surface area (Å²) in [6, 6.07) is 12.5. The molecule has 1 fully saturated rings. The lowest BCUT2D eigenvalue weighted by Gasteiger charge is -2.26. The predicted octanol–water partition coefficient (Wildman–Crippen LogP) is 3.21. The van der Waals surface area contributed by atoms with E-state index in [-0.39, 0.29) is 23.8 Å². The number of nitrogens with zero attached hydrogens (tertiary/aromatic N) is 1. The molecule has 2 aromatic carbocycles. The van der Waals surface area contributed by atoms with Gasteiger partial charge in [0.15, 0.2) is 0 Å². The van der Waals surface area contributed by atoms with Gasteiger partial charge in [0.05, 0.1) is 18.4 Å². The van der Waals surface area contributed by atoms with Crippen LogP contribution in [0, 0.1) is 0 Å². The summed E-state index contributed by atoms with van der Waals surface area (Å²) in [6.45, 7) is 1.41. The maximum absolute atomic E-state index is 12.9. The summed E-state index contributed by atoms with van der Waals surface area (Å²) in [4.78, 5) is 16.0. The van der Waals surface area contributed by atoms with Gasteiger partial charge in [-0.15, -0.1) is 0 Å². The zero-order valence-corrected chi connectivity index (χ0v) is 18.4. The van der Waals surface area contributed by atoms with Crippen LogP contribution in [0.4, 0.5) is 0 Å². The highest BCUT2D eigenvalue weighted by Crippen LogP contribution is 2.24. The van der Waals surface area contributed by atoms with E-state index in [1.807, 2.05) is 30.5 Å². The number of H-pyrrole nitrogens is 1. The summed E-state index contributed by atoms with van der Waals surface area (Å²) in [6.07, 6.45) is 4.92. The molecule has 0 radical (unpaired) electrons. The van der Waals surface area contributed by atoms with Gasteiger partial charge < -0.3 is 15.0 Å². The van der Waals surface area contributed by atoms with Crippen molar-refractivity contribution in [1.29, 1.82) is 0 Å². The van der Waals surface area contributed by atoms with Crippen molar-refractivity contribution in [2.45, 2.75) is 37.1 Å². The SMILES string of the molecule is COc1ccc2[nH]cc(CC(=O)NCc3cccc(S(=O)(=O)N4CCCCC4)c3)c2c1. The average molecular weight is 442 g/mol. The van der Waals surface area contributed by atoms with Gasteiger partial charge in [-0.25, -0.2) is 8.42 Å². The molecule has 1 aliphatic heterocycles. The first-order chi connectivity index (χ1) is 15.0. The van der Waals surface area contributed by atoms with Gasteiger partial charge in [0.2, 0.25) is 15.9 Å². The normalized spacial score (nSPS) is 15.1. The standard InChI is InChI=1S/C23H27N3O4S/c1-30-19-8-9-22-21(14-19)18(16-24-22)13-23(27)25-15-17-6-5-7-20(12-17)31(28,29)26-10-3-2-4-11-26/h5-9,12,14,16,24H,2-4,10-11,13,15H2,1H3,(H,25,27). The Hall–Kier alpha value is -2.84. The van der Waals surface area contributed by atoms with Crippen molar-refractivity contribution in [3.8, 4) is 5.75 Å². The molecule has 3 aromatic rings. The molecular formula is C23H27N3O4S. The molecule has 0 bridgehead atoms. The molecule has 31 heavy (non-hydrogen) atoms. The minimum Gasteiger partial charge on any atom is -0.497 e. The highest BCUT2D eigenvalue weighted by molar-refractivity contribution is 7.89. The first-order valence-corrected chi connectivity index (χ1v) is 11.9. The topological polar surface area (TPSA) is 91.5 Å². The minimum atomic E-state index is -3.49. The van der Waals surface area contributed by atoms with Crippen LogP contribution in [0.5, 0.6) is 5.75 Å². The molecular weight excluding hydrogens is 414 g/mol. The number of methoxy groups -OCH3 is 1. The fourth-order valence-corrected chi connectivity index (χ4v) is 5.52. The Morgan fingerprint density at radius 2 is 1.94 bits per heavy atom. The number of sulfonamides is 1. The van der Waals surface area contributed by atoms with Crippen LogP contribution in [0.3, 0.4) is 0 Å². The lowest BCUT2D eigenvalue weighted by Crippen LogP contribution is -2.35. The fourth-order valence-electron chi connectivity index (χ4n) is 3.94. The number of nitrogens with one attached hydrogen (secondary N) is 2. The molecule has 4 rings (SSSR count). The third kappa shape index (κ3) is 4.75. The van der Waals surface area contributed by atoms with Gasteiger partial charge in [-0.3, -0.25) is 4.79 Å². The number of benzene rings is 2. The van der Waals surface area contributed by atoms with Crippen LogP contribution in [0.1, 0.15) is 30.4 Å². The summed E-state index contributed by atoms with van der Waals surface area (Å²) >= 11 is 0. The zero-order valence-electron chi connectivity index (χ0n) is 17.6. The maximum atomic E-state index is 12.9. The van der Waals surface area contributed by atoms with Crippen LogP contribution in [-0.2, 0) is 27.8 Å². The average Bonchev–Trinajstić information content (AvgIpc) is 3.20. The van der Waals surface area contributed by atoms with Gasteiger partial charge >= 0.3 is 0 Å². The van der Waals surface area contributed by atoms with Crippen LogP contribution in [0.15, 0.2) is 53.6 Å². The van der Waals surface area contributed by atoms with Crippen LogP contribution in [0.25, 0.3) is 10.9 Å². The van der Waals surface area contributed by atoms with Crippen molar-refractivity contribution in [1.82, 2.24) is 14.6 Å². The second kappa shape index (κ2) is 9.11. The molecule has 2 N–H and O–H groups in total. The Labute approximate surface area is 182 Å². The van der Waals surface area contributed by atoms with E-state index in [4.69, 9.17) is 4.74 Å². The number of carbonyl (C=O) groups excluding carboxylic acids is 1. The van der Waals surface area contributed by atoms with Gasteiger partial charge in [0, 0.05) is 36.7 Å². The highest BCUT2D eigenvalue weighted by Gasteiger charge is 2.25. The number of hydrogen-bond acceptors (Lipinski definition) is 4. The molecule has 1 amide bonds. The summed E-state index contributed by atoms with van der Waals surface area (Å²) < 4.78 is 32.6. The number of rotatable bonds is 7. The summed E-state index contributed by atoms with van der Waals surface area (Å²) in [5.41, 5.74) is 2.58. The molecule has 164 valence electrons. The van der Waals surface area contributed by atoms with Gasteiger partial charge in [0.1, 0.15) is 5.75 Å². The lowest BCUT2D eigenvalue weighted by atomic mass is 10.1. The van der Waals surface area contributed by atoms with Gasteiger partial charge in [-0.2, -0.15) is 4.31 Å². The Balaban J connectivity index is 1.41. The summed E-state index contributed by atoms with van der Waals surface area (Å²) in [5.74, 6) is 0.605. The summed E-state index contributed by atoms with van der Waals surface area (Å²) in [5, 5.41) is 3.84. The molecule has 1 aromatic heterocycles. The number of carbonyl (C=O) groups is 1. The van der Waals surface area contributed by atoms with Crippen molar-refractivity contribution in [3.63, 3.8) is 0 Å². The summed E-state index contributed by atoms with van der Waals surface area (Å²) in [7, 11) is -1.88. The van der Waals surface area contributed by atoms with E-state index < -0.39 is 10.0 Å². The van der Waals surface area contributed by atoms with E-state index in [0.717, 1.165) is 47.0 Å². The minimum absolute atomic E-state index is 0.131. The molecule has 0 atom stereocenters. The first kappa shape index (κ1) is 21.4. The van der Waals surface area contributed by atoms with Crippen LogP contribution in [-0.4, -0.2) is 43.8 Å². The molecule has 0 saturated carbocycles. The van der Waals surface area contributed by atoms with Crippen molar-refractivity contribution in [3.05, 3.63) is 59.8 Å². The molecule has 0 spiro atoms. The van der Waals surface area contributed by atoms with E-state index in [9.17, 15) is 13.2 Å². The first-order valence-electron chi connectivity index (χ1n) is 10.5. The number of aromatic amines is 1. The second-order valence-electron chi connectivity index (χ2n) is 7.79. The number of piperidine rings is 1. The van der Waals surface area contributed by atoms with Crippen LogP contribution < -0.4 is 10.1 Å². The Morgan fingerprint density at radius 1 is 1.13 bits per heavy atom. The predicted molar refractivity (Wildman–Crippen MR) is 119 cm³/mol. The van der Waals surface area contributed by atoms with Crippen molar-refractivity contribution >= 4 is 26.8 Å². The van der Waals surface area contributed by atoms with Gasteiger partial charge in [-0.1, -0.05) is 18.6 Å². The molecule has 1 saturated heterocycles. The number of hydrogen-bond donors (Lipinski definition) is 2.